The summed E-state index contributed by atoms with van der Waals surface area (Å²) < 4.78 is 26.5. The molecule has 0 unspecified atom stereocenters. The van der Waals surface area contributed by atoms with Crippen LogP contribution in [0, 0.1) is 11.8 Å². The zero-order valence-electron chi connectivity index (χ0n) is 17.4. The lowest BCUT2D eigenvalue weighted by atomic mass is 9.82. The van der Waals surface area contributed by atoms with Gasteiger partial charge in [0.25, 0.3) is 0 Å². The minimum Gasteiger partial charge on any atom is -0.497 e. The predicted octanol–water partition coefficient (Wildman–Crippen LogP) is 4.03. The van der Waals surface area contributed by atoms with Gasteiger partial charge in [0.05, 0.1) is 33.2 Å². The lowest BCUT2D eigenvalue weighted by Gasteiger charge is -2.25. The molecule has 160 valence electrons. The van der Waals surface area contributed by atoms with Crippen LogP contribution in [0.4, 0.5) is 0 Å². The fraction of sp³-hybridized carbons (Fsp3) is 0.391. The van der Waals surface area contributed by atoms with E-state index in [9.17, 15) is 9.59 Å². The largest absolute Gasteiger partial charge is 0.497 e. The maximum atomic E-state index is 12.5. The molecule has 7 heteroatoms. The van der Waals surface area contributed by atoms with Crippen LogP contribution in [0.15, 0.2) is 42.5 Å². The van der Waals surface area contributed by atoms with Gasteiger partial charge in [-0.05, 0) is 62.1 Å². The van der Waals surface area contributed by atoms with Crippen LogP contribution < -0.4 is 23.7 Å². The van der Waals surface area contributed by atoms with Crippen LogP contribution in [0.1, 0.15) is 25.7 Å². The molecular formula is C23H26O7. The Labute approximate surface area is 175 Å². The van der Waals surface area contributed by atoms with Crippen LogP contribution in [-0.2, 0) is 9.59 Å². The van der Waals surface area contributed by atoms with Crippen LogP contribution in [-0.4, -0.2) is 33.3 Å². The van der Waals surface area contributed by atoms with Crippen LogP contribution in [0.2, 0.25) is 0 Å². The number of esters is 2. The molecule has 1 aliphatic carbocycles. The summed E-state index contributed by atoms with van der Waals surface area (Å²) in [6, 6.07) is 11.8. The van der Waals surface area contributed by atoms with Gasteiger partial charge in [0, 0.05) is 6.07 Å². The summed E-state index contributed by atoms with van der Waals surface area (Å²) in [5.74, 6) is 1.59. The highest BCUT2D eigenvalue weighted by Crippen LogP contribution is 2.34. The molecule has 0 N–H and O–H groups in total. The zero-order valence-corrected chi connectivity index (χ0v) is 17.4. The third-order valence-electron chi connectivity index (χ3n) is 5.25. The molecule has 0 aromatic heterocycles. The molecule has 0 radical (unpaired) electrons. The Morgan fingerprint density at radius 2 is 1.10 bits per heavy atom. The maximum Gasteiger partial charge on any atom is 0.314 e. The number of benzene rings is 2. The van der Waals surface area contributed by atoms with Crippen molar-refractivity contribution in [3.05, 3.63) is 42.5 Å². The molecule has 30 heavy (non-hydrogen) atoms. The molecule has 3 rings (SSSR count). The second-order valence-corrected chi connectivity index (χ2v) is 7.08. The molecular weight excluding hydrogens is 388 g/mol. The van der Waals surface area contributed by atoms with Crippen molar-refractivity contribution in [2.45, 2.75) is 25.7 Å². The van der Waals surface area contributed by atoms with E-state index in [0.29, 0.717) is 54.4 Å². The fourth-order valence-electron chi connectivity index (χ4n) is 3.49. The summed E-state index contributed by atoms with van der Waals surface area (Å²) in [6.45, 7) is 0. The molecule has 7 nitrogen and oxygen atoms in total. The Morgan fingerprint density at radius 1 is 0.633 bits per heavy atom. The summed E-state index contributed by atoms with van der Waals surface area (Å²) in [6.07, 6.45) is 2.32. The van der Waals surface area contributed by atoms with Crippen molar-refractivity contribution in [2.75, 3.05) is 21.3 Å². The first kappa shape index (κ1) is 21.5. The summed E-state index contributed by atoms with van der Waals surface area (Å²) in [7, 11) is 4.65. The topological polar surface area (TPSA) is 80.3 Å². The Balaban J connectivity index is 1.50. The summed E-state index contributed by atoms with van der Waals surface area (Å²) in [4.78, 5) is 25.0. The van der Waals surface area contributed by atoms with E-state index in [4.69, 9.17) is 23.7 Å². The number of ether oxygens (including phenoxy) is 5. The highest BCUT2D eigenvalue weighted by Gasteiger charge is 2.32. The van der Waals surface area contributed by atoms with Gasteiger partial charge in [-0.2, -0.15) is 0 Å². The van der Waals surface area contributed by atoms with E-state index in [2.05, 4.69) is 0 Å². The molecule has 1 aliphatic rings. The SMILES string of the molecule is COc1ccc(OC(=O)C2CCC(C(=O)Oc3ccc(OC)c(OC)c3)CC2)cc1. The van der Waals surface area contributed by atoms with Gasteiger partial charge in [0.2, 0.25) is 0 Å². The van der Waals surface area contributed by atoms with Crippen molar-refractivity contribution in [1.82, 2.24) is 0 Å². The molecule has 0 spiro atoms. The minimum absolute atomic E-state index is 0.225. The van der Waals surface area contributed by atoms with E-state index in [0.717, 1.165) is 0 Å². The number of rotatable bonds is 7. The third-order valence-corrected chi connectivity index (χ3v) is 5.25. The average Bonchev–Trinajstić information content (AvgIpc) is 2.79. The average molecular weight is 414 g/mol. The van der Waals surface area contributed by atoms with Gasteiger partial charge in [0.15, 0.2) is 11.5 Å². The molecule has 0 amide bonds. The molecule has 1 fully saturated rings. The number of methoxy groups -OCH3 is 3. The van der Waals surface area contributed by atoms with Crippen molar-refractivity contribution in [3.8, 4) is 28.7 Å². The Morgan fingerprint density at radius 3 is 1.60 bits per heavy atom. The van der Waals surface area contributed by atoms with Crippen molar-refractivity contribution in [3.63, 3.8) is 0 Å². The van der Waals surface area contributed by atoms with E-state index in [1.165, 1.54) is 7.11 Å². The van der Waals surface area contributed by atoms with Crippen molar-refractivity contribution < 1.29 is 33.3 Å². The fourth-order valence-corrected chi connectivity index (χ4v) is 3.49. The highest BCUT2D eigenvalue weighted by molar-refractivity contribution is 5.78. The van der Waals surface area contributed by atoms with Gasteiger partial charge in [-0.3, -0.25) is 9.59 Å². The Bertz CT molecular complexity index is 868. The second kappa shape index (κ2) is 10.0. The van der Waals surface area contributed by atoms with Gasteiger partial charge < -0.3 is 23.7 Å². The van der Waals surface area contributed by atoms with Crippen LogP contribution >= 0.6 is 0 Å². The predicted molar refractivity (Wildman–Crippen MR) is 109 cm³/mol. The first-order valence-electron chi connectivity index (χ1n) is 9.83. The monoisotopic (exact) mass is 414 g/mol. The Kier molecular flexibility index (Phi) is 7.17. The molecule has 2 aromatic rings. The van der Waals surface area contributed by atoms with Crippen molar-refractivity contribution in [2.24, 2.45) is 11.8 Å². The van der Waals surface area contributed by atoms with Crippen molar-refractivity contribution in [1.29, 1.82) is 0 Å². The zero-order chi connectivity index (χ0) is 21.5. The standard InChI is InChI=1S/C23H26O7/c1-26-17-8-10-18(11-9-17)29-22(24)15-4-6-16(7-5-15)23(25)30-19-12-13-20(27-2)21(14-19)28-3/h8-16H,4-7H2,1-3H3. The van der Waals surface area contributed by atoms with E-state index < -0.39 is 0 Å². The van der Waals surface area contributed by atoms with E-state index in [1.54, 1.807) is 56.7 Å². The Hall–Kier alpha value is -3.22. The van der Waals surface area contributed by atoms with Gasteiger partial charge >= 0.3 is 11.9 Å². The molecule has 0 aliphatic heterocycles. The number of carbonyl (C=O) groups is 2. The van der Waals surface area contributed by atoms with Gasteiger partial charge in [0.1, 0.15) is 17.2 Å². The van der Waals surface area contributed by atoms with Gasteiger partial charge in [-0.15, -0.1) is 0 Å². The summed E-state index contributed by atoms with van der Waals surface area (Å²) >= 11 is 0. The highest BCUT2D eigenvalue weighted by atomic mass is 16.5. The molecule has 0 bridgehead atoms. The molecule has 0 atom stereocenters. The number of hydrogen-bond acceptors (Lipinski definition) is 7. The second-order valence-electron chi connectivity index (χ2n) is 7.08. The molecule has 1 saturated carbocycles. The summed E-state index contributed by atoms with van der Waals surface area (Å²) in [5.41, 5.74) is 0. The normalized spacial score (nSPS) is 18.2. The van der Waals surface area contributed by atoms with Crippen LogP contribution in [0.3, 0.4) is 0 Å². The van der Waals surface area contributed by atoms with Crippen LogP contribution in [0.5, 0.6) is 28.7 Å². The van der Waals surface area contributed by atoms with Gasteiger partial charge in [-0.25, -0.2) is 0 Å². The minimum atomic E-state index is -0.302. The van der Waals surface area contributed by atoms with Crippen LogP contribution in [0.25, 0.3) is 0 Å². The lowest BCUT2D eigenvalue weighted by molar-refractivity contribution is -0.145. The maximum absolute atomic E-state index is 12.5. The summed E-state index contributed by atoms with van der Waals surface area (Å²) in [5, 5.41) is 0. The quantitative estimate of drug-likeness (QED) is 0.500. The smallest absolute Gasteiger partial charge is 0.314 e. The van der Waals surface area contributed by atoms with E-state index >= 15 is 0 Å². The molecule has 2 aromatic carbocycles. The first-order valence-corrected chi connectivity index (χ1v) is 9.83. The lowest BCUT2D eigenvalue weighted by Crippen LogP contribution is -2.30. The molecule has 0 heterocycles. The van der Waals surface area contributed by atoms with Crippen molar-refractivity contribution >= 4 is 11.9 Å². The number of hydrogen-bond donors (Lipinski definition) is 0. The first-order chi connectivity index (χ1) is 14.5. The number of carbonyl (C=O) groups excluding carboxylic acids is 2. The van der Waals surface area contributed by atoms with Gasteiger partial charge in [-0.1, -0.05) is 0 Å². The van der Waals surface area contributed by atoms with E-state index in [1.807, 2.05) is 0 Å². The molecule has 0 saturated heterocycles. The van der Waals surface area contributed by atoms with E-state index in [-0.39, 0.29) is 23.8 Å². The third kappa shape index (κ3) is 5.23.